The fraction of sp³-hybridized carbons (Fsp3) is 0.538. The molecule has 0 aromatic carbocycles. The van der Waals surface area contributed by atoms with Gasteiger partial charge in [-0.15, -0.1) is 0 Å². The number of nitrogens with zero attached hydrogens (tertiary/aromatic N) is 3. The summed E-state index contributed by atoms with van der Waals surface area (Å²) in [6.07, 6.45) is 1.24. The van der Waals surface area contributed by atoms with E-state index in [1.54, 1.807) is 0 Å². The van der Waals surface area contributed by atoms with Crippen LogP contribution in [-0.4, -0.2) is 47.8 Å². The summed E-state index contributed by atoms with van der Waals surface area (Å²) in [5.41, 5.74) is 5.44. The van der Waals surface area contributed by atoms with Crippen LogP contribution in [0.2, 0.25) is 0 Å². The Morgan fingerprint density at radius 2 is 2.23 bits per heavy atom. The van der Waals surface area contributed by atoms with Crippen molar-refractivity contribution in [3.63, 3.8) is 0 Å². The molecule has 22 heavy (non-hydrogen) atoms. The molecule has 9 heteroatoms. The van der Waals surface area contributed by atoms with Crippen molar-refractivity contribution < 1.29 is 19.1 Å². The predicted molar refractivity (Wildman–Crippen MR) is 78.8 cm³/mol. The fourth-order valence-corrected chi connectivity index (χ4v) is 2.03. The predicted octanol–water partition coefficient (Wildman–Crippen LogP) is 0.508. The van der Waals surface area contributed by atoms with Gasteiger partial charge in [0.2, 0.25) is 0 Å². The summed E-state index contributed by atoms with van der Waals surface area (Å²) in [6.45, 7) is 4.70. The average Bonchev–Trinajstić information content (AvgIpc) is 2.89. The third-order valence-corrected chi connectivity index (χ3v) is 2.96. The highest BCUT2D eigenvalue weighted by atomic mass is 16.6. The first kappa shape index (κ1) is 16.0. The maximum Gasteiger partial charge on any atom is 0.415 e. The van der Waals surface area contributed by atoms with Gasteiger partial charge in [-0.2, -0.15) is 0 Å². The molecule has 120 valence electrons. The van der Waals surface area contributed by atoms with Crippen molar-refractivity contribution in [2.24, 2.45) is 5.73 Å². The van der Waals surface area contributed by atoms with Crippen LogP contribution in [0.25, 0.3) is 0 Å². The maximum absolute atomic E-state index is 11.8. The molecule has 0 spiro atoms. The normalized spacial score (nSPS) is 19.4. The lowest BCUT2D eigenvalue weighted by atomic mass is 10.2. The first-order valence-corrected chi connectivity index (χ1v) is 7.15. The smallest absolute Gasteiger partial charge is 0.415 e. The van der Waals surface area contributed by atoms with E-state index in [4.69, 9.17) is 15.2 Å². The third kappa shape index (κ3) is 3.25. The van der Waals surface area contributed by atoms with Crippen LogP contribution < -0.4 is 20.7 Å². The lowest BCUT2D eigenvalue weighted by Gasteiger charge is -2.18. The number of carbonyl (C=O) groups excluding carboxylic acids is 2. The van der Waals surface area contributed by atoms with Gasteiger partial charge in [-0.25, -0.2) is 14.8 Å². The Labute approximate surface area is 127 Å². The number of carbonyl (C=O) groups is 2. The summed E-state index contributed by atoms with van der Waals surface area (Å²) in [6, 6.07) is 0. The van der Waals surface area contributed by atoms with E-state index in [1.165, 1.54) is 11.1 Å². The molecule has 2 amide bonds. The monoisotopic (exact) mass is 309 g/mol. The topological polar surface area (TPSA) is 120 Å². The first-order valence-electron chi connectivity index (χ1n) is 7.15. The molecular weight excluding hydrogens is 290 g/mol. The molecule has 0 saturated carbocycles. The van der Waals surface area contributed by atoms with E-state index in [0.717, 1.165) is 0 Å². The number of anilines is 2. The Morgan fingerprint density at radius 3 is 2.95 bits per heavy atom. The van der Waals surface area contributed by atoms with Crippen LogP contribution in [0, 0.1) is 0 Å². The number of hydrogen-bond donors (Lipinski definition) is 2. The number of fused-ring (bicyclic) bond motifs is 1. The van der Waals surface area contributed by atoms with Crippen LogP contribution in [-0.2, 0) is 9.53 Å². The number of aromatic nitrogens is 2. The number of nitrogens with two attached hydrogens (primary N) is 1. The number of hydrogen-bond acceptors (Lipinski definition) is 7. The molecular formula is C13H19N5O4. The van der Waals surface area contributed by atoms with Crippen LogP contribution in [0.3, 0.4) is 0 Å². The third-order valence-electron chi connectivity index (χ3n) is 2.96. The van der Waals surface area contributed by atoms with Crippen LogP contribution >= 0.6 is 0 Å². The van der Waals surface area contributed by atoms with Gasteiger partial charge in [0.05, 0.1) is 12.7 Å². The second-order valence-electron chi connectivity index (χ2n) is 4.41. The summed E-state index contributed by atoms with van der Waals surface area (Å²) in [5, 5.41) is 2.54. The van der Waals surface area contributed by atoms with E-state index in [1.807, 2.05) is 13.8 Å². The van der Waals surface area contributed by atoms with Crippen LogP contribution in [0.5, 0.6) is 5.88 Å². The maximum atomic E-state index is 11.8. The molecule has 3 heterocycles. The van der Waals surface area contributed by atoms with Crippen LogP contribution in [0.4, 0.5) is 16.4 Å². The molecule has 2 aliphatic rings. The van der Waals surface area contributed by atoms with Gasteiger partial charge in [-0.3, -0.25) is 9.69 Å². The Bertz CT molecular complexity index is 565. The quantitative estimate of drug-likeness (QED) is 0.834. The number of rotatable bonds is 3. The molecule has 1 aromatic heterocycles. The van der Waals surface area contributed by atoms with E-state index >= 15 is 0 Å². The Hall–Kier alpha value is -2.42. The summed E-state index contributed by atoms with van der Waals surface area (Å²) in [4.78, 5) is 32.6. The van der Waals surface area contributed by atoms with E-state index in [0.29, 0.717) is 25.3 Å². The molecule has 0 radical (unpaired) electrons. The van der Waals surface area contributed by atoms with E-state index in [-0.39, 0.29) is 30.3 Å². The lowest BCUT2D eigenvalue weighted by molar-refractivity contribution is -0.118. The number of amides is 2. The van der Waals surface area contributed by atoms with Gasteiger partial charge in [0.25, 0.3) is 11.8 Å². The molecule has 0 aliphatic carbocycles. The van der Waals surface area contributed by atoms with Gasteiger partial charge in [0, 0.05) is 0 Å². The zero-order valence-electron chi connectivity index (χ0n) is 12.5. The van der Waals surface area contributed by atoms with E-state index < -0.39 is 6.09 Å². The molecule has 3 rings (SSSR count). The van der Waals surface area contributed by atoms with Crippen molar-refractivity contribution in [1.82, 2.24) is 9.97 Å². The molecule has 0 bridgehead atoms. The Morgan fingerprint density at radius 1 is 1.45 bits per heavy atom. The van der Waals surface area contributed by atoms with Crippen LogP contribution in [0.1, 0.15) is 20.3 Å². The molecule has 1 fully saturated rings. The van der Waals surface area contributed by atoms with Gasteiger partial charge in [-0.05, 0) is 13.0 Å². The van der Waals surface area contributed by atoms with Gasteiger partial charge in [-0.1, -0.05) is 13.8 Å². The number of ether oxygens (including phenoxy) is 2. The van der Waals surface area contributed by atoms with Gasteiger partial charge in [0.1, 0.15) is 6.10 Å². The molecule has 1 unspecified atom stereocenters. The Kier molecular flexibility index (Phi) is 5.10. The van der Waals surface area contributed by atoms with Crippen molar-refractivity contribution in [1.29, 1.82) is 0 Å². The summed E-state index contributed by atoms with van der Waals surface area (Å²) >= 11 is 0. The standard InChI is InChI=1S/C11H13N5O4.C2H6/c12-2-1-6-4-16(11(18)20-6)7-3-13-10-9(14-7)15-8(17)5-19-10;1-2/h3,6H,1-2,4-5,12H2,(H,14,15,17);1-2H3. The first-order chi connectivity index (χ1) is 10.7. The largest absolute Gasteiger partial charge is 0.465 e. The summed E-state index contributed by atoms with van der Waals surface area (Å²) < 4.78 is 10.3. The molecule has 1 atom stereocenters. The Balaban J connectivity index is 0.000000847. The molecule has 9 nitrogen and oxygen atoms in total. The highest BCUT2D eigenvalue weighted by molar-refractivity contribution is 5.94. The minimum absolute atomic E-state index is 0.0919. The van der Waals surface area contributed by atoms with Crippen molar-refractivity contribution in [3.8, 4) is 5.88 Å². The van der Waals surface area contributed by atoms with Gasteiger partial charge in [0.15, 0.2) is 18.2 Å². The van der Waals surface area contributed by atoms with Gasteiger partial charge < -0.3 is 20.5 Å². The average molecular weight is 309 g/mol. The second-order valence-corrected chi connectivity index (χ2v) is 4.41. The summed E-state index contributed by atoms with van der Waals surface area (Å²) in [7, 11) is 0. The lowest BCUT2D eigenvalue weighted by Crippen LogP contribution is -2.30. The van der Waals surface area contributed by atoms with Crippen molar-refractivity contribution in [2.75, 3.05) is 29.9 Å². The van der Waals surface area contributed by atoms with Crippen LogP contribution in [0.15, 0.2) is 6.20 Å². The molecule has 3 N–H and O–H groups in total. The minimum Gasteiger partial charge on any atom is -0.465 e. The second kappa shape index (κ2) is 7.03. The number of nitrogens with one attached hydrogen (secondary N) is 1. The summed E-state index contributed by atoms with van der Waals surface area (Å²) in [5.74, 6) is 0.432. The van der Waals surface area contributed by atoms with Gasteiger partial charge >= 0.3 is 6.09 Å². The van der Waals surface area contributed by atoms with Crippen molar-refractivity contribution in [3.05, 3.63) is 6.20 Å². The molecule has 1 saturated heterocycles. The SMILES string of the molecule is CC.NCCC1CN(c2cnc3c(n2)NC(=O)CO3)C(=O)O1. The zero-order valence-corrected chi connectivity index (χ0v) is 12.5. The molecule has 1 aromatic rings. The fourth-order valence-electron chi connectivity index (χ4n) is 2.03. The van der Waals surface area contributed by atoms with Crippen molar-refractivity contribution in [2.45, 2.75) is 26.4 Å². The minimum atomic E-state index is -0.499. The van der Waals surface area contributed by atoms with Crippen molar-refractivity contribution >= 4 is 23.6 Å². The number of cyclic esters (lactones) is 1. The molecule has 2 aliphatic heterocycles. The van der Waals surface area contributed by atoms with E-state index in [2.05, 4.69) is 15.3 Å². The highest BCUT2D eigenvalue weighted by Gasteiger charge is 2.33. The van der Waals surface area contributed by atoms with E-state index in [9.17, 15) is 9.59 Å². The zero-order chi connectivity index (χ0) is 16.1. The highest BCUT2D eigenvalue weighted by Crippen LogP contribution is 2.27.